The Morgan fingerprint density at radius 2 is 1.42 bits per heavy atom. The predicted molar refractivity (Wildman–Crippen MR) is 85.4 cm³/mol. The normalized spacial score (nSPS) is 14.8. The van der Waals surface area contributed by atoms with Crippen molar-refractivity contribution < 1.29 is 13.0 Å². The Kier molecular flexibility index (Phi) is 6.50. The van der Waals surface area contributed by atoms with Crippen LogP contribution in [0.4, 0.5) is 0 Å². The molecule has 1 N–H and O–H groups in total. The molecule has 0 spiro atoms. The number of rotatable bonds is 6. The van der Waals surface area contributed by atoms with E-state index in [1.165, 1.54) is 0 Å². The van der Waals surface area contributed by atoms with Crippen molar-refractivity contribution in [1.82, 2.24) is 0 Å². The van der Waals surface area contributed by atoms with Gasteiger partial charge in [-0.3, -0.25) is 4.55 Å². The predicted octanol–water partition coefficient (Wildman–Crippen LogP) is 4.49. The Hall–Kier alpha value is -0.133. The minimum Gasteiger partial charge on any atom is -0.282 e. The Labute approximate surface area is 120 Å². The molecule has 0 rings (SSSR count). The van der Waals surface area contributed by atoms with Gasteiger partial charge in [0.05, 0.1) is 13.5 Å². The summed E-state index contributed by atoms with van der Waals surface area (Å²) in [6.45, 7) is 15.3. The third-order valence-corrected chi connectivity index (χ3v) is 11.2. The molecule has 0 aliphatic rings. The second-order valence-electron chi connectivity index (χ2n) is 7.42. The van der Waals surface area contributed by atoms with Crippen LogP contribution in [0.5, 0.6) is 0 Å². The van der Waals surface area contributed by atoms with Gasteiger partial charge in [-0.05, 0) is 16.9 Å². The molecule has 0 fully saturated rings. The van der Waals surface area contributed by atoms with Crippen molar-refractivity contribution >= 4 is 18.2 Å². The first kappa shape index (κ1) is 18.9. The lowest BCUT2D eigenvalue weighted by Gasteiger charge is -2.43. The molecule has 0 aliphatic carbocycles. The lowest BCUT2D eigenvalue weighted by molar-refractivity contribution is 0.494. The third kappa shape index (κ3) is 6.72. The smallest absolute Gasteiger partial charge is 0.282 e. The van der Waals surface area contributed by atoms with Crippen LogP contribution >= 0.6 is 0 Å². The van der Waals surface area contributed by atoms with E-state index in [9.17, 15) is 8.42 Å². The monoisotopic (exact) mass is 306 g/mol. The molecule has 0 amide bonds. The molecule has 0 radical (unpaired) electrons. The van der Waals surface area contributed by atoms with E-state index in [4.69, 9.17) is 4.55 Å². The summed E-state index contributed by atoms with van der Waals surface area (Å²) in [4.78, 5) is 0. The highest BCUT2D eigenvalue weighted by Gasteiger charge is 2.42. The number of hydrogen-bond acceptors (Lipinski definition) is 2. The molecule has 0 aromatic rings. The molecule has 19 heavy (non-hydrogen) atoms. The molecule has 0 bridgehead atoms. The lowest BCUT2D eigenvalue weighted by Crippen LogP contribution is -2.44. The minimum atomic E-state index is -4.04. The Bertz CT molecular complexity index is 393. The van der Waals surface area contributed by atoms with E-state index in [0.29, 0.717) is 11.8 Å². The maximum atomic E-state index is 11.1. The molecule has 0 heterocycles. The molecule has 114 valence electrons. The zero-order valence-electron chi connectivity index (χ0n) is 13.4. The fourth-order valence-corrected chi connectivity index (χ4v) is 9.56. The average molecular weight is 307 g/mol. The lowest BCUT2D eigenvalue weighted by atomic mass is 10.2. The summed E-state index contributed by atoms with van der Waals surface area (Å²) in [5.74, 6) is 1.05. The molecule has 0 unspecified atom stereocenters. The quantitative estimate of drug-likeness (QED) is 0.581. The van der Waals surface area contributed by atoms with Crippen LogP contribution < -0.4 is 0 Å². The highest BCUT2D eigenvalue weighted by molar-refractivity contribution is 7.88. The Balaban J connectivity index is 5.69. The standard InChI is InChI=1S/C14H30O3SSi/c1-12(2)10-19(11-13(3)4,14(5,6)7)9-8-18(15,16)17/h8-9,12-13H,10-11H2,1-7H3,(H,15,16,17). The van der Waals surface area contributed by atoms with Crippen molar-refractivity contribution in [3.8, 4) is 0 Å². The fourth-order valence-electron chi connectivity index (χ4n) is 2.76. The summed E-state index contributed by atoms with van der Waals surface area (Å²) in [6, 6.07) is 2.08. The van der Waals surface area contributed by atoms with E-state index < -0.39 is 18.2 Å². The molecule has 0 aromatic heterocycles. The van der Waals surface area contributed by atoms with Gasteiger partial charge in [0.25, 0.3) is 10.1 Å². The van der Waals surface area contributed by atoms with Crippen molar-refractivity contribution in [2.45, 2.75) is 65.6 Å². The van der Waals surface area contributed by atoms with Gasteiger partial charge in [-0.15, -0.1) is 0 Å². The third-order valence-electron chi connectivity index (χ3n) is 3.60. The van der Waals surface area contributed by atoms with Crippen LogP contribution in [0.3, 0.4) is 0 Å². The maximum absolute atomic E-state index is 11.1. The van der Waals surface area contributed by atoms with Gasteiger partial charge in [0, 0.05) is 0 Å². The van der Waals surface area contributed by atoms with Crippen molar-refractivity contribution in [1.29, 1.82) is 0 Å². The zero-order valence-corrected chi connectivity index (χ0v) is 15.2. The molecule has 0 saturated carbocycles. The molecule has 0 aliphatic heterocycles. The van der Waals surface area contributed by atoms with Crippen LogP contribution in [-0.2, 0) is 10.1 Å². The van der Waals surface area contributed by atoms with Crippen molar-refractivity contribution in [3.63, 3.8) is 0 Å². The topological polar surface area (TPSA) is 54.4 Å². The second kappa shape index (κ2) is 6.55. The summed E-state index contributed by atoms with van der Waals surface area (Å²) in [6.07, 6.45) is 0. The van der Waals surface area contributed by atoms with Gasteiger partial charge in [-0.2, -0.15) is 8.42 Å². The largest absolute Gasteiger partial charge is 0.286 e. The average Bonchev–Trinajstić information content (AvgIpc) is 2.09. The molecule has 0 atom stereocenters. The van der Waals surface area contributed by atoms with Gasteiger partial charge in [-0.1, -0.05) is 66.3 Å². The first-order valence-corrected chi connectivity index (χ1v) is 11.0. The van der Waals surface area contributed by atoms with Crippen LogP contribution in [0.1, 0.15) is 48.5 Å². The fraction of sp³-hybridized carbons (Fsp3) is 0.857. The highest BCUT2D eigenvalue weighted by Crippen LogP contribution is 2.46. The van der Waals surface area contributed by atoms with E-state index in [1.54, 1.807) is 0 Å². The van der Waals surface area contributed by atoms with E-state index in [2.05, 4.69) is 48.5 Å². The molecule has 0 aromatic carbocycles. The van der Waals surface area contributed by atoms with Crippen LogP contribution in [0.25, 0.3) is 0 Å². The highest BCUT2D eigenvalue weighted by atomic mass is 32.2. The van der Waals surface area contributed by atoms with Crippen LogP contribution in [0.2, 0.25) is 17.1 Å². The summed E-state index contributed by atoms with van der Waals surface area (Å²) >= 11 is 0. The summed E-state index contributed by atoms with van der Waals surface area (Å²) in [5, 5.41) is 1.10. The minimum absolute atomic E-state index is 0.0722. The Morgan fingerprint density at radius 3 is 1.63 bits per heavy atom. The van der Waals surface area contributed by atoms with Crippen LogP contribution in [0.15, 0.2) is 11.1 Å². The van der Waals surface area contributed by atoms with E-state index in [-0.39, 0.29) is 5.04 Å². The van der Waals surface area contributed by atoms with E-state index in [1.807, 2.05) is 5.70 Å². The molecule has 5 heteroatoms. The molecule has 3 nitrogen and oxygen atoms in total. The summed E-state index contributed by atoms with van der Waals surface area (Å²) < 4.78 is 31.2. The van der Waals surface area contributed by atoms with E-state index >= 15 is 0 Å². The SMILES string of the molecule is CC(C)C[Si](C=CS(=O)(=O)O)(CC(C)C)C(C)(C)C. The summed E-state index contributed by atoms with van der Waals surface area (Å²) in [5.41, 5.74) is 1.85. The maximum Gasteiger partial charge on any atom is 0.286 e. The van der Waals surface area contributed by atoms with Crippen molar-refractivity contribution in [2.75, 3.05) is 0 Å². The van der Waals surface area contributed by atoms with Gasteiger partial charge in [0.1, 0.15) is 0 Å². The van der Waals surface area contributed by atoms with Gasteiger partial charge < -0.3 is 0 Å². The van der Waals surface area contributed by atoms with Gasteiger partial charge >= 0.3 is 0 Å². The van der Waals surface area contributed by atoms with Gasteiger partial charge in [0.15, 0.2) is 0 Å². The van der Waals surface area contributed by atoms with E-state index in [0.717, 1.165) is 17.5 Å². The molecular weight excluding hydrogens is 276 g/mol. The van der Waals surface area contributed by atoms with Crippen molar-refractivity contribution in [2.24, 2.45) is 11.8 Å². The second-order valence-corrected chi connectivity index (χ2v) is 13.7. The molecular formula is C14H30O3SSi. The first-order valence-electron chi connectivity index (χ1n) is 6.96. The van der Waals surface area contributed by atoms with Crippen LogP contribution in [-0.4, -0.2) is 21.0 Å². The first-order chi connectivity index (χ1) is 8.29. The number of hydrogen-bond donors (Lipinski definition) is 1. The summed E-state index contributed by atoms with van der Waals surface area (Å²) in [7, 11) is -5.99. The van der Waals surface area contributed by atoms with Gasteiger partial charge in [-0.25, -0.2) is 0 Å². The Morgan fingerprint density at radius 1 is 1.05 bits per heavy atom. The van der Waals surface area contributed by atoms with Crippen molar-refractivity contribution in [3.05, 3.63) is 11.1 Å². The van der Waals surface area contributed by atoms with Gasteiger partial charge in [0.2, 0.25) is 0 Å². The zero-order chi connectivity index (χ0) is 15.5. The van der Waals surface area contributed by atoms with Crippen LogP contribution in [0, 0.1) is 11.8 Å². The molecule has 0 saturated heterocycles.